The average molecular weight is 738 g/mol. The van der Waals surface area contributed by atoms with E-state index in [-0.39, 0.29) is 12.1 Å². The van der Waals surface area contributed by atoms with Crippen molar-refractivity contribution in [2.45, 2.75) is 47.9 Å². The molecule has 0 radical (unpaired) electrons. The van der Waals surface area contributed by atoms with Gasteiger partial charge in [0, 0.05) is 23.6 Å². The Labute approximate surface area is 283 Å². The molecule has 49 heavy (non-hydrogen) atoms. The number of ether oxygens (including phenoxy) is 3. The van der Waals surface area contributed by atoms with Gasteiger partial charge in [-0.05, 0) is 35.6 Å². The third kappa shape index (κ3) is 7.49. The van der Waals surface area contributed by atoms with Crippen LogP contribution in [0.2, 0.25) is 0 Å². The number of hydrogen-bond acceptors (Lipinski definition) is 8. The summed E-state index contributed by atoms with van der Waals surface area (Å²) in [6.07, 6.45) is -7.06. The summed E-state index contributed by atoms with van der Waals surface area (Å²) in [5, 5.41) is 12.7. The topological polar surface area (TPSA) is 131 Å². The van der Waals surface area contributed by atoms with Crippen LogP contribution in [0.4, 0.5) is 31.1 Å². The van der Waals surface area contributed by atoms with E-state index in [4.69, 9.17) is 21.1 Å². The number of aliphatic hydroxyl groups is 1. The first-order valence-electron chi connectivity index (χ1n) is 14.5. The maximum atomic E-state index is 13.8. The van der Waals surface area contributed by atoms with Gasteiger partial charge in [-0.1, -0.05) is 30.4 Å². The lowest BCUT2D eigenvalue weighted by Gasteiger charge is -2.37. The maximum Gasteiger partial charge on any atom is 0.511 e. The van der Waals surface area contributed by atoms with E-state index in [9.17, 15) is 45.8 Å². The molecular formula is C30H28ClF6N4O7S+. The summed E-state index contributed by atoms with van der Waals surface area (Å²) in [6.45, 7) is -2.24. The van der Waals surface area contributed by atoms with E-state index >= 15 is 0 Å². The average Bonchev–Trinajstić information content (AvgIpc) is 3.23. The second kappa shape index (κ2) is 13.9. The molecule has 0 saturated heterocycles. The quantitative estimate of drug-likeness (QED) is 0.0871. The number of carbonyl (C=O) groups excluding carboxylic acids is 2. The van der Waals surface area contributed by atoms with Gasteiger partial charge in [0.05, 0.1) is 12.2 Å². The molecule has 0 bridgehead atoms. The molecule has 3 aliphatic rings. The summed E-state index contributed by atoms with van der Waals surface area (Å²) in [4.78, 5) is 36.1. The van der Waals surface area contributed by atoms with Crippen molar-refractivity contribution in [2.75, 3.05) is 37.8 Å². The van der Waals surface area contributed by atoms with E-state index in [0.29, 0.717) is 16.7 Å². The standard InChI is InChI=1S/C30H27ClF6N4O7S/c1-16(29(32,33)34)40-14-39-41-22(28(31)8-4-6-18-13-49-21-7-3-2-5-17(21)11-19(18)28)12-20(42)24(23(41)25(40)43)47-15-48-27(45)46-10-9-38-26(44)30(35,36)37/h2-7,12,16,39H,8-11,13-15H2,1H3,(H,38,44)/p+1/t16-,28?/m1/s1. The van der Waals surface area contributed by atoms with Gasteiger partial charge in [0.2, 0.25) is 36.4 Å². The van der Waals surface area contributed by atoms with Crippen LogP contribution in [0.1, 0.15) is 30.3 Å². The van der Waals surface area contributed by atoms with Crippen molar-refractivity contribution in [2.24, 2.45) is 0 Å². The highest BCUT2D eigenvalue weighted by atomic mass is 35.5. The Balaban J connectivity index is 1.47. The van der Waals surface area contributed by atoms with Crippen LogP contribution in [-0.2, 0) is 25.6 Å². The lowest BCUT2D eigenvalue weighted by molar-refractivity contribution is -0.600. The molecule has 1 unspecified atom stereocenters. The number of amides is 1. The molecular weight excluding hydrogens is 710 g/mol. The Bertz CT molecular complexity index is 1810. The molecule has 1 aromatic carbocycles. The van der Waals surface area contributed by atoms with Crippen LogP contribution in [0.5, 0.6) is 5.75 Å². The normalized spacial score (nSPS) is 19.5. The highest BCUT2D eigenvalue weighted by molar-refractivity contribution is 7.99. The Morgan fingerprint density at radius 3 is 2.65 bits per heavy atom. The minimum atomic E-state index is -5.14. The van der Waals surface area contributed by atoms with Crippen molar-refractivity contribution in [1.82, 2.24) is 9.99 Å². The van der Waals surface area contributed by atoms with E-state index in [2.05, 4.69) is 10.2 Å². The summed E-state index contributed by atoms with van der Waals surface area (Å²) >= 11 is 9.03. The van der Waals surface area contributed by atoms with E-state index in [1.54, 1.807) is 11.8 Å². The van der Waals surface area contributed by atoms with Crippen molar-refractivity contribution in [1.29, 1.82) is 0 Å². The smallest absolute Gasteiger partial charge is 0.458 e. The zero-order valence-corrected chi connectivity index (χ0v) is 27.0. The lowest BCUT2D eigenvalue weighted by atomic mass is 9.80. The third-order valence-corrected chi connectivity index (χ3v) is 9.69. The van der Waals surface area contributed by atoms with Crippen molar-refractivity contribution in [3.8, 4) is 5.75 Å². The van der Waals surface area contributed by atoms with Gasteiger partial charge >= 0.3 is 30.3 Å². The summed E-state index contributed by atoms with van der Waals surface area (Å²) in [7, 11) is 0. The zero-order valence-electron chi connectivity index (χ0n) is 25.4. The van der Waals surface area contributed by atoms with Gasteiger partial charge in [-0.3, -0.25) is 15.0 Å². The Kier molecular flexibility index (Phi) is 10.2. The summed E-state index contributed by atoms with van der Waals surface area (Å²) in [5.74, 6) is -3.39. The number of aromatic nitrogens is 1. The van der Waals surface area contributed by atoms with Crippen LogP contribution in [0.3, 0.4) is 0 Å². The summed E-state index contributed by atoms with van der Waals surface area (Å²) in [6, 6.07) is 6.61. The number of halogens is 7. The minimum absolute atomic E-state index is 0.106. The number of nitrogens with zero attached hydrogens (tertiary/aromatic N) is 2. The van der Waals surface area contributed by atoms with Gasteiger partial charge in [0.15, 0.2) is 0 Å². The fraction of sp³-hybridized carbons (Fsp3) is 0.400. The SMILES string of the molecule is C[C@@H]([N+]1=C(O)c2c(OCOC(=O)OCCNC(=O)C(F)(F)F)c(=O)cc(C3(Cl)CC=CC4=C3Cc3ccccc3SC4)n2NC1)C(F)(F)F. The van der Waals surface area contributed by atoms with Crippen molar-refractivity contribution in [3.63, 3.8) is 0 Å². The number of rotatable bonds is 8. The molecule has 3 N–H and O–H groups in total. The van der Waals surface area contributed by atoms with Crippen LogP contribution in [-0.4, -0.2) is 83.1 Å². The molecule has 5 rings (SSSR count). The number of thioether (sulfide) groups is 1. The molecule has 2 aliphatic heterocycles. The number of fused-ring (bicyclic) bond motifs is 2. The van der Waals surface area contributed by atoms with Gasteiger partial charge in [0.25, 0.3) is 0 Å². The first-order chi connectivity index (χ1) is 23.0. The second-order valence-corrected chi connectivity index (χ2v) is 12.6. The van der Waals surface area contributed by atoms with Crippen LogP contribution < -0.4 is 20.9 Å². The highest BCUT2D eigenvalue weighted by Gasteiger charge is 2.50. The molecule has 264 valence electrons. The number of benzene rings is 1. The fourth-order valence-corrected chi connectivity index (χ4v) is 6.95. The summed E-state index contributed by atoms with van der Waals surface area (Å²) < 4.78 is 94.5. The minimum Gasteiger partial charge on any atom is -0.458 e. The van der Waals surface area contributed by atoms with Gasteiger partial charge < -0.3 is 24.6 Å². The molecule has 1 aromatic heterocycles. The van der Waals surface area contributed by atoms with Crippen molar-refractivity contribution >= 4 is 41.3 Å². The fourth-order valence-electron chi connectivity index (χ4n) is 5.45. The predicted octanol–water partition coefficient (Wildman–Crippen LogP) is 4.84. The van der Waals surface area contributed by atoms with E-state index in [1.807, 2.05) is 36.4 Å². The number of hydrogen-bond donors (Lipinski definition) is 3. The van der Waals surface area contributed by atoms with Crippen molar-refractivity contribution in [3.05, 3.63) is 80.8 Å². The van der Waals surface area contributed by atoms with Gasteiger partial charge in [0.1, 0.15) is 11.5 Å². The molecule has 11 nitrogen and oxygen atoms in total. The van der Waals surface area contributed by atoms with E-state index in [0.717, 1.165) is 34.6 Å². The molecule has 2 aromatic rings. The molecule has 0 fully saturated rings. The Morgan fingerprint density at radius 2 is 1.94 bits per heavy atom. The zero-order chi connectivity index (χ0) is 35.7. The molecule has 1 amide bonds. The molecule has 3 heterocycles. The largest absolute Gasteiger partial charge is 0.511 e. The summed E-state index contributed by atoms with van der Waals surface area (Å²) in [5.41, 5.74) is 4.08. The highest BCUT2D eigenvalue weighted by Crippen LogP contribution is 2.49. The van der Waals surface area contributed by atoms with Crippen LogP contribution in [0, 0.1) is 0 Å². The number of alkyl halides is 7. The number of aliphatic hydroxyl groups excluding tert-OH is 1. The van der Waals surface area contributed by atoms with Gasteiger partial charge in [-0.2, -0.15) is 30.9 Å². The lowest BCUT2D eigenvalue weighted by Crippen LogP contribution is -2.50. The number of allylic oxidation sites excluding steroid dienone is 3. The Hall–Kier alpha value is -4.32. The number of carbonyl (C=O) groups is 2. The third-order valence-electron chi connectivity index (χ3n) is 7.95. The first kappa shape index (κ1) is 36.0. The molecule has 2 atom stereocenters. The Morgan fingerprint density at radius 1 is 1.20 bits per heavy atom. The van der Waals surface area contributed by atoms with Crippen LogP contribution >= 0.6 is 23.4 Å². The molecule has 1 aliphatic carbocycles. The molecule has 0 spiro atoms. The first-order valence-corrected chi connectivity index (χ1v) is 15.9. The van der Waals surface area contributed by atoms with Gasteiger partial charge in [-0.15, -0.1) is 23.4 Å². The predicted molar refractivity (Wildman–Crippen MR) is 164 cm³/mol. The monoisotopic (exact) mass is 737 g/mol. The van der Waals surface area contributed by atoms with Crippen molar-refractivity contribution < 1.29 is 59.8 Å². The molecule has 19 heteroatoms. The molecule has 0 saturated carbocycles. The van der Waals surface area contributed by atoms with Crippen LogP contribution in [0.15, 0.2) is 63.3 Å². The second-order valence-electron chi connectivity index (χ2n) is 11.0. The van der Waals surface area contributed by atoms with Crippen LogP contribution in [0.25, 0.3) is 0 Å². The van der Waals surface area contributed by atoms with E-state index < -0.39 is 84.7 Å². The number of pyridine rings is 1. The van der Waals surface area contributed by atoms with E-state index in [1.165, 1.54) is 9.99 Å². The maximum absolute atomic E-state index is 13.8. The van der Waals surface area contributed by atoms with Gasteiger partial charge in [-0.25, -0.2) is 9.47 Å². The number of nitrogens with one attached hydrogen (secondary N) is 2.